The summed E-state index contributed by atoms with van der Waals surface area (Å²) < 4.78 is 0. The molecule has 0 spiro atoms. The van der Waals surface area contributed by atoms with Gasteiger partial charge in [0.1, 0.15) is 17.5 Å². The van der Waals surface area contributed by atoms with Crippen LogP contribution < -0.4 is 10.2 Å². The van der Waals surface area contributed by atoms with E-state index in [1.165, 1.54) is 12.8 Å². The molecule has 1 aromatic heterocycles. The van der Waals surface area contributed by atoms with Crippen LogP contribution in [-0.4, -0.2) is 29.6 Å². The number of anilines is 2. The summed E-state index contributed by atoms with van der Waals surface area (Å²) in [6, 6.07) is 2.06. The second kappa shape index (κ2) is 5.34. The van der Waals surface area contributed by atoms with Crippen LogP contribution in [0.4, 0.5) is 11.6 Å². The molecule has 1 saturated heterocycles. The van der Waals surface area contributed by atoms with Crippen molar-refractivity contribution in [1.82, 2.24) is 9.97 Å². The van der Waals surface area contributed by atoms with E-state index in [4.69, 9.17) is 0 Å². The summed E-state index contributed by atoms with van der Waals surface area (Å²) in [6.45, 7) is 9.47. The molecule has 4 nitrogen and oxygen atoms in total. The average molecular weight is 234 g/mol. The largest absolute Gasteiger partial charge is 0.370 e. The van der Waals surface area contributed by atoms with Gasteiger partial charge in [-0.3, -0.25) is 0 Å². The molecule has 0 bridgehead atoms. The van der Waals surface area contributed by atoms with Gasteiger partial charge in [0.05, 0.1) is 0 Å². The van der Waals surface area contributed by atoms with Crippen LogP contribution in [0.2, 0.25) is 0 Å². The summed E-state index contributed by atoms with van der Waals surface area (Å²) in [5.41, 5.74) is 0. The number of hydrogen-bond donors (Lipinski definition) is 1. The van der Waals surface area contributed by atoms with E-state index in [0.29, 0.717) is 0 Å². The summed E-state index contributed by atoms with van der Waals surface area (Å²) >= 11 is 0. The molecule has 1 atom stereocenters. The molecule has 17 heavy (non-hydrogen) atoms. The Morgan fingerprint density at radius 2 is 2.24 bits per heavy atom. The molecule has 1 unspecified atom stereocenters. The maximum atomic E-state index is 4.54. The van der Waals surface area contributed by atoms with E-state index in [1.54, 1.807) is 0 Å². The minimum atomic E-state index is 0.827. The minimum absolute atomic E-state index is 0.827. The van der Waals surface area contributed by atoms with Crippen LogP contribution >= 0.6 is 0 Å². The van der Waals surface area contributed by atoms with Gasteiger partial charge in [0.25, 0.3) is 0 Å². The van der Waals surface area contributed by atoms with E-state index in [1.807, 2.05) is 6.92 Å². The van der Waals surface area contributed by atoms with Crippen LogP contribution in [0.1, 0.15) is 32.5 Å². The first-order valence-corrected chi connectivity index (χ1v) is 6.57. The Labute approximate surface area is 103 Å². The first-order valence-electron chi connectivity index (χ1n) is 6.57. The average Bonchev–Trinajstić information content (AvgIpc) is 2.77. The van der Waals surface area contributed by atoms with Crippen LogP contribution in [0.25, 0.3) is 0 Å². The molecule has 1 fully saturated rings. The lowest BCUT2D eigenvalue weighted by Crippen LogP contribution is -2.21. The molecule has 1 N–H and O–H groups in total. The van der Waals surface area contributed by atoms with Gasteiger partial charge >= 0.3 is 0 Å². The first-order chi connectivity index (χ1) is 8.22. The Morgan fingerprint density at radius 1 is 1.41 bits per heavy atom. The Balaban J connectivity index is 2.15. The third-order valence-electron chi connectivity index (χ3n) is 3.37. The summed E-state index contributed by atoms with van der Waals surface area (Å²) in [4.78, 5) is 11.3. The SMILES string of the molecule is CCNc1cc(N2CCC(CC)C2)nc(C)n1. The van der Waals surface area contributed by atoms with Gasteiger partial charge in [-0.15, -0.1) is 0 Å². The molecular formula is C13H22N4. The second-order valence-electron chi connectivity index (χ2n) is 4.70. The summed E-state index contributed by atoms with van der Waals surface area (Å²) in [5.74, 6) is 3.69. The second-order valence-corrected chi connectivity index (χ2v) is 4.70. The predicted octanol–water partition coefficient (Wildman–Crippen LogP) is 2.45. The molecule has 4 heteroatoms. The minimum Gasteiger partial charge on any atom is -0.370 e. The van der Waals surface area contributed by atoms with Gasteiger partial charge in [0.15, 0.2) is 0 Å². The molecule has 0 aromatic carbocycles. The highest BCUT2D eigenvalue weighted by atomic mass is 15.2. The quantitative estimate of drug-likeness (QED) is 0.869. The zero-order chi connectivity index (χ0) is 12.3. The Kier molecular flexibility index (Phi) is 3.82. The number of hydrogen-bond acceptors (Lipinski definition) is 4. The third kappa shape index (κ3) is 2.87. The zero-order valence-corrected chi connectivity index (χ0v) is 11.0. The lowest BCUT2D eigenvalue weighted by Gasteiger charge is -2.18. The first kappa shape index (κ1) is 12.1. The monoisotopic (exact) mass is 234 g/mol. The van der Waals surface area contributed by atoms with Crippen molar-refractivity contribution < 1.29 is 0 Å². The molecule has 1 aliphatic rings. The van der Waals surface area contributed by atoms with Crippen molar-refractivity contribution in [2.75, 3.05) is 29.9 Å². The van der Waals surface area contributed by atoms with E-state index in [9.17, 15) is 0 Å². The maximum Gasteiger partial charge on any atom is 0.134 e. The van der Waals surface area contributed by atoms with E-state index >= 15 is 0 Å². The molecule has 0 amide bonds. The van der Waals surface area contributed by atoms with Gasteiger partial charge in [-0.2, -0.15) is 0 Å². The molecule has 0 saturated carbocycles. The van der Waals surface area contributed by atoms with Crippen molar-refractivity contribution in [3.8, 4) is 0 Å². The van der Waals surface area contributed by atoms with Gasteiger partial charge in [-0.25, -0.2) is 9.97 Å². The number of nitrogens with zero attached hydrogens (tertiary/aromatic N) is 3. The van der Waals surface area contributed by atoms with Gasteiger partial charge < -0.3 is 10.2 Å². The summed E-state index contributed by atoms with van der Waals surface area (Å²) in [7, 11) is 0. The van der Waals surface area contributed by atoms with E-state index < -0.39 is 0 Å². The normalized spacial score (nSPS) is 19.7. The number of nitrogens with one attached hydrogen (secondary N) is 1. The molecular weight excluding hydrogens is 212 g/mol. The van der Waals surface area contributed by atoms with Crippen molar-refractivity contribution in [2.45, 2.75) is 33.6 Å². The van der Waals surface area contributed by atoms with Crippen molar-refractivity contribution >= 4 is 11.6 Å². The highest BCUT2D eigenvalue weighted by Crippen LogP contribution is 2.25. The predicted molar refractivity (Wildman–Crippen MR) is 71.5 cm³/mol. The van der Waals surface area contributed by atoms with Crippen LogP contribution in [0.3, 0.4) is 0 Å². The van der Waals surface area contributed by atoms with Crippen LogP contribution in [-0.2, 0) is 0 Å². The Bertz CT molecular complexity index is 378. The highest BCUT2D eigenvalue weighted by Gasteiger charge is 2.22. The smallest absolute Gasteiger partial charge is 0.134 e. The molecule has 2 heterocycles. The fraction of sp³-hybridized carbons (Fsp3) is 0.692. The van der Waals surface area contributed by atoms with E-state index in [-0.39, 0.29) is 0 Å². The zero-order valence-electron chi connectivity index (χ0n) is 11.0. The van der Waals surface area contributed by atoms with Gasteiger partial charge in [-0.1, -0.05) is 13.3 Å². The maximum absolute atomic E-state index is 4.54. The van der Waals surface area contributed by atoms with Crippen molar-refractivity contribution in [3.05, 3.63) is 11.9 Å². The van der Waals surface area contributed by atoms with Gasteiger partial charge in [0.2, 0.25) is 0 Å². The topological polar surface area (TPSA) is 41.0 Å². The van der Waals surface area contributed by atoms with Crippen LogP contribution in [0.5, 0.6) is 0 Å². The number of aryl methyl sites for hydroxylation is 1. The van der Waals surface area contributed by atoms with E-state index in [2.05, 4.69) is 40.1 Å². The lowest BCUT2D eigenvalue weighted by molar-refractivity contribution is 0.568. The molecule has 1 aromatic rings. The molecule has 1 aliphatic heterocycles. The third-order valence-corrected chi connectivity index (χ3v) is 3.37. The standard InChI is InChI=1S/C13H22N4/c1-4-11-6-7-17(9-11)13-8-12(14-5-2)15-10(3)16-13/h8,11H,4-7,9H2,1-3H3,(H,14,15,16). The lowest BCUT2D eigenvalue weighted by atomic mass is 10.1. The number of rotatable bonds is 4. The summed E-state index contributed by atoms with van der Waals surface area (Å²) in [6.07, 6.45) is 2.55. The molecule has 0 radical (unpaired) electrons. The van der Waals surface area contributed by atoms with Crippen LogP contribution in [0.15, 0.2) is 6.07 Å². The van der Waals surface area contributed by atoms with Gasteiger partial charge in [-0.05, 0) is 26.2 Å². The van der Waals surface area contributed by atoms with Gasteiger partial charge in [0, 0.05) is 25.7 Å². The molecule has 94 valence electrons. The Morgan fingerprint density at radius 3 is 2.88 bits per heavy atom. The van der Waals surface area contributed by atoms with Crippen molar-refractivity contribution in [2.24, 2.45) is 5.92 Å². The molecule has 2 rings (SSSR count). The fourth-order valence-corrected chi connectivity index (χ4v) is 2.36. The van der Waals surface area contributed by atoms with Crippen LogP contribution in [0, 0.1) is 12.8 Å². The summed E-state index contributed by atoms with van der Waals surface area (Å²) in [5, 5.41) is 3.26. The Hall–Kier alpha value is -1.32. The van der Waals surface area contributed by atoms with Crippen molar-refractivity contribution in [3.63, 3.8) is 0 Å². The van der Waals surface area contributed by atoms with E-state index in [0.717, 1.165) is 43.0 Å². The molecule has 0 aliphatic carbocycles. The highest BCUT2D eigenvalue weighted by molar-refractivity contribution is 5.50. The fourth-order valence-electron chi connectivity index (χ4n) is 2.36. The number of aromatic nitrogens is 2. The van der Waals surface area contributed by atoms with Crippen molar-refractivity contribution in [1.29, 1.82) is 0 Å².